The summed E-state index contributed by atoms with van der Waals surface area (Å²) < 4.78 is 14.5. The number of nitrogens with zero attached hydrogens (tertiary/aromatic N) is 2. The molecule has 0 saturated heterocycles. The number of aryl methyl sites for hydroxylation is 1. The third-order valence-electron chi connectivity index (χ3n) is 3.59. The molecule has 108 valence electrons. The van der Waals surface area contributed by atoms with Gasteiger partial charge in [-0.25, -0.2) is 4.39 Å². The van der Waals surface area contributed by atoms with Crippen LogP contribution in [0.4, 0.5) is 10.1 Å². The van der Waals surface area contributed by atoms with Crippen LogP contribution in [0.1, 0.15) is 17.2 Å². The standard InChI is InChI=1S/C16H15BrFN3/c1-10-5-6-13(14(17)7-10)15-9-20-16(19)21(15)12-4-2-3-11(18)8-12/h2-8,15H,9H2,1H3,(H2,19,20). The smallest absolute Gasteiger partial charge is 0.196 e. The Labute approximate surface area is 131 Å². The molecule has 1 unspecified atom stereocenters. The molecule has 0 saturated carbocycles. The number of anilines is 1. The molecule has 1 aliphatic rings. The van der Waals surface area contributed by atoms with Crippen LogP contribution in [0.2, 0.25) is 0 Å². The predicted octanol–water partition coefficient (Wildman–Crippen LogP) is 3.77. The van der Waals surface area contributed by atoms with Crippen molar-refractivity contribution in [2.24, 2.45) is 10.7 Å². The maximum absolute atomic E-state index is 13.5. The summed E-state index contributed by atoms with van der Waals surface area (Å²) in [5.41, 5.74) is 8.99. The second-order valence-electron chi connectivity index (χ2n) is 5.09. The molecule has 1 aliphatic heterocycles. The minimum absolute atomic E-state index is 0.0261. The molecule has 0 spiro atoms. The molecule has 0 radical (unpaired) electrons. The number of nitrogens with two attached hydrogens (primary N) is 1. The van der Waals surface area contributed by atoms with E-state index in [1.54, 1.807) is 6.07 Å². The van der Waals surface area contributed by atoms with Crippen molar-refractivity contribution in [3.8, 4) is 0 Å². The van der Waals surface area contributed by atoms with E-state index in [1.807, 2.05) is 17.9 Å². The van der Waals surface area contributed by atoms with Crippen molar-refractivity contribution in [1.82, 2.24) is 0 Å². The van der Waals surface area contributed by atoms with Gasteiger partial charge >= 0.3 is 0 Å². The third kappa shape index (κ3) is 2.65. The lowest BCUT2D eigenvalue weighted by molar-refractivity contribution is 0.626. The Hall–Kier alpha value is -1.88. The number of benzene rings is 2. The lowest BCUT2D eigenvalue weighted by Crippen LogP contribution is -2.36. The van der Waals surface area contributed by atoms with E-state index in [-0.39, 0.29) is 11.9 Å². The van der Waals surface area contributed by atoms with E-state index in [1.165, 1.54) is 17.7 Å². The van der Waals surface area contributed by atoms with Crippen LogP contribution < -0.4 is 10.6 Å². The van der Waals surface area contributed by atoms with E-state index in [4.69, 9.17) is 5.73 Å². The number of aliphatic imine (C=N–C) groups is 1. The fraction of sp³-hybridized carbons (Fsp3) is 0.188. The van der Waals surface area contributed by atoms with Gasteiger partial charge in [0.1, 0.15) is 5.82 Å². The maximum atomic E-state index is 13.5. The van der Waals surface area contributed by atoms with E-state index in [0.29, 0.717) is 18.2 Å². The van der Waals surface area contributed by atoms with Crippen molar-refractivity contribution >= 4 is 27.6 Å². The first-order chi connectivity index (χ1) is 10.1. The predicted molar refractivity (Wildman–Crippen MR) is 87.0 cm³/mol. The lowest BCUT2D eigenvalue weighted by atomic mass is 10.0. The summed E-state index contributed by atoms with van der Waals surface area (Å²) >= 11 is 3.60. The number of rotatable bonds is 2. The van der Waals surface area contributed by atoms with Gasteiger partial charge in [-0.05, 0) is 42.3 Å². The molecular weight excluding hydrogens is 333 g/mol. The molecule has 3 nitrogen and oxygen atoms in total. The van der Waals surface area contributed by atoms with Gasteiger partial charge in [-0.1, -0.05) is 34.1 Å². The molecule has 1 atom stereocenters. The highest BCUT2D eigenvalue weighted by Gasteiger charge is 2.30. The van der Waals surface area contributed by atoms with Crippen LogP contribution in [0.15, 0.2) is 51.9 Å². The van der Waals surface area contributed by atoms with Crippen LogP contribution in [0, 0.1) is 12.7 Å². The quantitative estimate of drug-likeness (QED) is 0.898. The summed E-state index contributed by atoms with van der Waals surface area (Å²) in [6, 6.07) is 12.6. The second-order valence-corrected chi connectivity index (χ2v) is 5.94. The number of hydrogen-bond acceptors (Lipinski definition) is 3. The Bertz CT molecular complexity index is 714. The Morgan fingerprint density at radius 1 is 1.29 bits per heavy atom. The Balaban J connectivity index is 2.03. The molecule has 21 heavy (non-hydrogen) atoms. The van der Waals surface area contributed by atoms with Gasteiger partial charge in [0.05, 0.1) is 12.6 Å². The zero-order valence-electron chi connectivity index (χ0n) is 11.6. The number of hydrogen-bond donors (Lipinski definition) is 1. The fourth-order valence-corrected chi connectivity index (χ4v) is 3.33. The van der Waals surface area contributed by atoms with Crippen LogP contribution in [-0.2, 0) is 0 Å². The molecule has 3 rings (SSSR count). The van der Waals surface area contributed by atoms with E-state index >= 15 is 0 Å². The van der Waals surface area contributed by atoms with Gasteiger partial charge in [-0.2, -0.15) is 0 Å². The van der Waals surface area contributed by atoms with Gasteiger partial charge in [0.25, 0.3) is 0 Å². The van der Waals surface area contributed by atoms with Crippen molar-refractivity contribution in [3.63, 3.8) is 0 Å². The molecule has 0 aromatic heterocycles. The van der Waals surface area contributed by atoms with E-state index in [9.17, 15) is 4.39 Å². The maximum Gasteiger partial charge on any atom is 0.196 e. The van der Waals surface area contributed by atoms with Gasteiger partial charge in [-0.3, -0.25) is 4.99 Å². The highest BCUT2D eigenvalue weighted by Crippen LogP contribution is 2.35. The third-order valence-corrected chi connectivity index (χ3v) is 4.27. The molecule has 0 bridgehead atoms. The van der Waals surface area contributed by atoms with Crippen LogP contribution in [0.3, 0.4) is 0 Å². The SMILES string of the molecule is Cc1ccc(C2CN=C(N)N2c2cccc(F)c2)c(Br)c1. The molecular formula is C16H15BrFN3. The molecule has 0 aliphatic carbocycles. The topological polar surface area (TPSA) is 41.6 Å². The summed E-state index contributed by atoms with van der Waals surface area (Å²) in [4.78, 5) is 6.20. The van der Waals surface area contributed by atoms with Crippen LogP contribution >= 0.6 is 15.9 Å². The van der Waals surface area contributed by atoms with E-state index < -0.39 is 0 Å². The molecule has 0 amide bonds. The highest BCUT2D eigenvalue weighted by atomic mass is 79.9. The summed E-state index contributed by atoms with van der Waals surface area (Å²) in [5, 5.41) is 0. The molecule has 2 N–H and O–H groups in total. The van der Waals surface area contributed by atoms with Crippen molar-refractivity contribution in [1.29, 1.82) is 0 Å². The fourth-order valence-electron chi connectivity index (χ4n) is 2.58. The first-order valence-electron chi connectivity index (χ1n) is 6.67. The van der Waals surface area contributed by atoms with Gasteiger partial charge in [0.15, 0.2) is 5.96 Å². The van der Waals surface area contributed by atoms with Crippen molar-refractivity contribution < 1.29 is 4.39 Å². The van der Waals surface area contributed by atoms with Gasteiger partial charge in [0.2, 0.25) is 0 Å². The molecule has 1 heterocycles. The van der Waals surface area contributed by atoms with Crippen LogP contribution in [-0.4, -0.2) is 12.5 Å². The van der Waals surface area contributed by atoms with E-state index in [2.05, 4.69) is 39.1 Å². The zero-order chi connectivity index (χ0) is 15.0. The summed E-state index contributed by atoms with van der Waals surface area (Å²) in [6.07, 6.45) is 0. The Morgan fingerprint density at radius 3 is 2.81 bits per heavy atom. The second kappa shape index (κ2) is 5.48. The zero-order valence-corrected chi connectivity index (χ0v) is 13.1. The molecule has 2 aromatic carbocycles. The van der Waals surface area contributed by atoms with E-state index in [0.717, 1.165) is 10.0 Å². The Kier molecular flexibility index (Phi) is 3.68. The lowest BCUT2D eigenvalue weighted by Gasteiger charge is -2.27. The van der Waals surface area contributed by atoms with Crippen LogP contribution in [0.25, 0.3) is 0 Å². The monoisotopic (exact) mass is 347 g/mol. The van der Waals surface area contributed by atoms with Gasteiger partial charge < -0.3 is 10.6 Å². The van der Waals surface area contributed by atoms with Gasteiger partial charge in [0, 0.05) is 10.2 Å². The normalized spacial score (nSPS) is 18.0. The largest absolute Gasteiger partial charge is 0.369 e. The molecule has 2 aromatic rings. The first-order valence-corrected chi connectivity index (χ1v) is 7.46. The summed E-state index contributed by atoms with van der Waals surface area (Å²) in [6.45, 7) is 2.60. The highest BCUT2D eigenvalue weighted by molar-refractivity contribution is 9.10. The van der Waals surface area contributed by atoms with Crippen molar-refractivity contribution in [2.45, 2.75) is 13.0 Å². The minimum atomic E-state index is -0.283. The average Bonchev–Trinajstić information content (AvgIpc) is 2.80. The van der Waals surface area contributed by atoms with Crippen molar-refractivity contribution in [3.05, 3.63) is 63.9 Å². The van der Waals surface area contributed by atoms with Gasteiger partial charge in [-0.15, -0.1) is 0 Å². The minimum Gasteiger partial charge on any atom is -0.369 e. The Morgan fingerprint density at radius 2 is 2.10 bits per heavy atom. The summed E-state index contributed by atoms with van der Waals surface area (Å²) in [7, 11) is 0. The summed E-state index contributed by atoms with van der Waals surface area (Å²) in [5.74, 6) is 0.131. The number of halogens is 2. The number of guanidine groups is 1. The molecule has 5 heteroatoms. The average molecular weight is 348 g/mol. The first kappa shape index (κ1) is 14.1. The van der Waals surface area contributed by atoms with Crippen LogP contribution in [0.5, 0.6) is 0 Å². The molecule has 0 fully saturated rings. The van der Waals surface area contributed by atoms with Crippen molar-refractivity contribution in [2.75, 3.05) is 11.4 Å².